The average molecular weight is 408 g/mol. The standard InChI is InChI=1S/C18H15Cl2N3O2S/c1-2-25-17-14(4-3-7-21-17)16(24)23-18-22-10-13(26-18)9-11-8-12(19)5-6-15(11)20/h3-8,10H,2,9H2,1H3,(H,22,23,24). The van der Waals surface area contributed by atoms with Gasteiger partial charge in [-0.05, 0) is 42.8 Å². The molecule has 0 aliphatic heterocycles. The number of anilines is 1. The molecule has 134 valence electrons. The van der Waals surface area contributed by atoms with E-state index in [1.807, 2.05) is 13.0 Å². The molecule has 1 aromatic carbocycles. The van der Waals surface area contributed by atoms with Crippen LogP contribution in [0.1, 0.15) is 27.7 Å². The average Bonchev–Trinajstić information content (AvgIpc) is 3.06. The number of carbonyl (C=O) groups excluding carboxylic acids is 1. The van der Waals surface area contributed by atoms with Gasteiger partial charge in [-0.1, -0.05) is 23.2 Å². The van der Waals surface area contributed by atoms with Crippen LogP contribution in [0.3, 0.4) is 0 Å². The number of benzene rings is 1. The van der Waals surface area contributed by atoms with Crippen molar-refractivity contribution in [2.45, 2.75) is 13.3 Å². The molecule has 5 nitrogen and oxygen atoms in total. The third kappa shape index (κ3) is 4.52. The van der Waals surface area contributed by atoms with E-state index in [2.05, 4.69) is 15.3 Å². The van der Waals surface area contributed by atoms with Gasteiger partial charge in [0.25, 0.3) is 5.91 Å². The Morgan fingerprint density at radius 2 is 2.12 bits per heavy atom. The fourth-order valence-electron chi connectivity index (χ4n) is 2.29. The monoisotopic (exact) mass is 407 g/mol. The van der Waals surface area contributed by atoms with Crippen molar-refractivity contribution < 1.29 is 9.53 Å². The summed E-state index contributed by atoms with van der Waals surface area (Å²) >= 11 is 13.6. The van der Waals surface area contributed by atoms with Crippen LogP contribution in [-0.4, -0.2) is 22.5 Å². The lowest BCUT2D eigenvalue weighted by atomic mass is 10.1. The molecular formula is C18H15Cl2N3O2S. The molecule has 0 bridgehead atoms. The molecule has 8 heteroatoms. The number of hydrogen-bond donors (Lipinski definition) is 1. The molecule has 1 amide bonds. The summed E-state index contributed by atoms with van der Waals surface area (Å²) in [5.41, 5.74) is 1.27. The molecule has 0 radical (unpaired) electrons. The second-order valence-electron chi connectivity index (χ2n) is 5.29. The largest absolute Gasteiger partial charge is 0.477 e. The van der Waals surface area contributed by atoms with Crippen molar-refractivity contribution in [3.63, 3.8) is 0 Å². The summed E-state index contributed by atoms with van der Waals surface area (Å²) in [4.78, 5) is 21.8. The van der Waals surface area contributed by atoms with Crippen molar-refractivity contribution in [1.82, 2.24) is 9.97 Å². The van der Waals surface area contributed by atoms with E-state index in [4.69, 9.17) is 27.9 Å². The molecule has 0 saturated heterocycles. The second kappa shape index (κ2) is 8.49. The summed E-state index contributed by atoms with van der Waals surface area (Å²) in [6.45, 7) is 2.27. The Balaban J connectivity index is 1.72. The van der Waals surface area contributed by atoms with Gasteiger partial charge in [-0.15, -0.1) is 11.3 Å². The minimum absolute atomic E-state index is 0.301. The van der Waals surface area contributed by atoms with E-state index in [1.165, 1.54) is 11.3 Å². The van der Waals surface area contributed by atoms with Crippen molar-refractivity contribution >= 4 is 45.6 Å². The molecule has 1 N–H and O–H groups in total. The predicted octanol–water partition coefficient (Wildman–Crippen LogP) is 5.09. The number of hydrogen-bond acceptors (Lipinski definition) is 5. The van der Waals surface area contributed by atoms with E-state index in [-0.39, 0.29) is 5.91 Å². The maximum absolute atomic E-state index is 12.5. The van der Waals surface area contributed by atoms with Crippen molar-refractivity contribution in [3.05, 3.63) is 68.8 Å². The molecule has 0 saturated carbocycles. The Bertz CT molecular complexity index is 930. The summed E-state index contributed by atoms with van der Waals surface area (Å²) < 4.78 is 5.39. The van der Waals surface area contributed by atoms with Crippen molar-refractivity contribution in [2.24, 2.45) is 0 Å². The molecule has 0 fully saturated rings. The number of amides is 1. The summed E-state index contributed by atoms with van der Waals surface area (Å²) in [5.74, 6) is -0.0155. The van der Waals surface area contributed by atoms with Gasteiger partial charge in [0.1, 0.15) is 5.56 Å². The summed E-state index contributed by atoms with van der Waals surface area (Å²) in [6, 6.07) is 8.68. The lowest BCUT2D eigenvalue weighted by molar-refractivity contribution is 0.102. The third-order valence-corrected chi connectivity index (χ3v) is 4.96. The molecule has 0 atom stereocenters. The van der Waals surface area contributed by atoms with Gasteiger partial charge in [0.2, 0.25) is 5.88 Å². The summed E-state index contributed by atoms with van der Waals surface area (Å²) in [6.07, 6.45) is 3.88. The third-order valence-electron chi connectivity index (χ3n) is 3.44. The first-order valence-electron chi connectivity index (χ1n) is 7.84. The molecule has 3 aromatic rings. The predicted molar refractivity (Wildman–Crippen MR) is 105 cm³/mol. The molecule has 0 spiro atoms. The highest BCUT2D eigenvalue weighted by molar-refractivity contribution is 7.15. The van der Waals surface area contributed by atoms with Crippen LogP contribution in [0.15, 0.2) is 42.7 Å². The van der Waals surface area contributed by atoms with Crippen LogP contribution in [0.2, 0.25) is 10.0 Å². The maximum Gasteiger partial charge on any atom is 0.262 e. The van der Waals surface area contributed by atoms with E-state index in [0.29, 0.717) is 39.6 Å². The van der Waals surface area contributed by atoms with E-state index >= 15 is 0 Å². The van der Waals surface area contributed by atoms with Gasteiger partial charge in [-0.25, -0.2) is 9.97 Å². The van der Waals surface area contributed by atoms with Crippen LogP contribution >= 0.6 is 34.5 Å². The minimum Gasteiger partial charge on any atom is -0.477 e. The molecule has 2 heterocycles. The highest BCUT2D eigenvalue weighted by atomic mass is 35.5. The molecule has 0 unspecified atom stereocenters. The van der Waals surface area contributed by atoms with Crippen molar-refractivity contribution in [1.29, 1.82) is 0 Å². The number of pyridine rings is 1. The van der Waals surface area contributed by atoms with Gasteiger partial charge < -0.3 is 4.74 Å². The van der Waals surface area contributed by atoms with Gasteiger partial charge in [-0.2, -0.15) is 0 Å². The van der Waals surface area contributed by atoms with Crippen LogP contribution in [0.5, 0.6) is 5.88 Å². The Labute approximate surface area is 165 Å². The van der Waals surface area contributed by atoms with Gasteiger partial charge in [0.05, 0.1) is 6.61 Å². The normalized spacial score (nSPS) is 10.6. The van der Waals surface area contributed by atoms with Crippen molar-refractivity contribution in [3.8, 4) is 5.88 Å². The number of nitrogens with one attached hydrogen (secondary N) is 1. The summed E-state index contributed by atoms with van der Waals surface area (Å²) in [5, 5.41) is 4.54. The number of thiazole rings is 1. The second-order valence-corrected chi connectivity index (χ2v) is 7.25. The number of ether oxygens (including phenoxy) is 1. The van der Waals surface area contributed by atoms with Crippen LogP contribution in [0.25, 0.3) is 0 Å². The highest BCUT2D eigenvalue weighted by Crippen LogP contribution is 2.27. The van der Waals surface area contributed by atoms with E-state index < -0.39 is 0 Å². The Morgan fingerprint density at radius 3 is 2.92 bits per heavy atom. The molecule has 0 aliphatic carbocycles. The van der Waals surface area contributed by atoms with Crippen LogP contribution < -0.4 is 10.1 Å². The number of carbonyl (C=O) groups is 1. The number of halogens is 2. The molecule has 2 aromatic heterocycles. The topological polar surface area (TPSA) is 64.1 Å². The number of rotatable bonds is 6. The first kappa shape index (κ1) is 18.6. The zero-order valence-electron chi connectivity index (χ0n) is 13.8. The van der Waals surface area contributed by atoms with Gasteiger partial charge >= 0.3 is 0 Å². The summed E-state index contributed by atoms with van der Waals surface area (Å²) in [7, 11) is 0. The molecule has 0 aliphatic rings. The van der Waals surface area contributed by atoms with E-state index in [9.17, 15) is 4.79 Å². The fraction of sp³-hybridized carbons (Fsp3) is 0.167. The number of aromatic nitrogens is 2. The van der Waals surface area contributed by atoms with Gasteiger partial charge in [-0.3, -0.25) is 10.1 Å². The van der Waals surface area contributed by atoms with E-state index in [1.54, 1.807) is 36.7 Å². The smallest absolute Gasteiger partial charge is 0.262 e. The first-order valence-corrected chi connectivity index (χ1v) is 9.42. The first-order chi connectivity index (χ1) is 12.6. The zero-order valence-corrected chi connectivity index (χ0v) is 16.2. The Kier molecular flexibility index (Phi) is 6.08. The molecule has 26 heavy (non-hydrogen) atoms. The van der Waals surface area contributed by atoms with Gasteiger partial charge in [0, 0.05) is 33.7 Å². The SMILES string of the molecule is CCOc1ncccc1C(=O)Nc1ncc(Cc2cc(Cl)ccc2Cl)s1. The fourth-order valence-corrected chi connectivity index (χ4v) is 3.50. The lowest BCUT2D eigenvalue weighted by Gasteiger charge is -2.07. The molecule has 3 rings (SSSR count). The van der Waals surface area contributed by atoms with E-state index in [0.717, 1.165) is 10.4 Å². The van der Waals surface area contributed by atoms with Crippen LogP contribution in [0.4, 0.5) is 5.13 Å². The Morgan fingerprint density at radius 1 is 1.27 bits per heavy atom. The zero-order chi connectivity index (χ0) is 18.5. The minimum atomic E-state index is -0.316. The number of nitrogens with zero attached hydrogens (tertiary/aromatic N) is 2. The molecular weight excluding hydrogens is 393 g/mol. The van der Waals surface area contributed by atoms with Crippen LogP contribution in [0, 0.1) is 0 Å². The van der Waals surface area contributed by atoms with Gasteiger partial charge in [0.15, 0.2) is 5.13 Å². The highest BCUT2D eigenvalue weighted by Gasteiger charge is 2.15. The van der Waals surface area contributed by atoms with Crippen LogP contribution in [-0.2, 0) is 6.42 Å². The quantitative estimate of drug-likeness (QED) is 0.617. The Hall–Kier alpha value is -2.15. The lowest BCUT2D eigenvalue weighted by Crippen LogP contribution is -2.14. The van der Waals surface area contributed by atoms with Crippen molar-refractivity contribution in [2.75, 3.05) is 11.9 Å². The maximum atomic E-state index is 12.5.